The molecule has 1 aliphatic heterocycles. The van der Waals surface area contributed by atoms with Crippen molar-refractivity contribution in [3.8, 4) is 0 Å². The second kappa shape index (κ2) is 13.0. The fourth-order valence-electron chi connectivity index (χ4n) is 4.36. The molecule has 1 saturated heterocycles. The zero-order chi connectivity index (χ0) is 26.6. The summed E-state index contributed by atoms with van der Waals surface area (Å²) in [5, 5.41) is 64.7. The summed E-state index contributed by atoms with van der Waals surface area (Å²) < 4.78 is 22.0. The molecule has 0 aromatic heterocycles. The third-order valence-corrected chi connectivity index (χ3v) is 6.37. The molecule has 2 aliphatic rings. The molecule has 35 heavy (non-hydrogen) atoms. The maximum Gasteiger partial charge on any atom is 0.217 e. The smallest absolute Gasteiger partial charge is 0.217 e. The van der Waals surface area contributed by atoms with E-state index >= 15 is 0 Å². The highest BCUT2D eigenvalue weighted by molar-refractivity contribution is 5.73. The van der Waals surface area contributed by atoms with Gasteiger partial charge in [-0.1, -0.05) is 0 Å². The average Bonchev–Trinajstić information content (AvgIpc) is 2.79. The van der Waals surface area contributed by atoms with Crippen molar-refractivity contribution in [2.45, 2.75) is 106 Å². The van der Waals surface area contributed by atoms with Gasteiger partial charge in [0, 0.05) is 26.6 Å². The molecule has 0 aromatic rings. The van der Waals surface area contributed by atoms with Gasteiger partial charge in [-0.2, -0.15) is 0 Å². The second-order valence-corrected chi connectivity index (χ2v) is 9.06. The fourth-order valence-corrected chi connectivity index (χ4v) is 4.36. The predicted octanol–water partition coefficient (Wildman–Crippen LogP) is -5.84. The first kappa shape index (κ1) is 30.2. The minimum atomic E-state index is -1.91. The van der Waals surface area contributed by atoms with Crippen LogP contribution in [0.5, 0.6) is 0 Å². The summed E-state index contributed by atoms with van der Waals surface area (Å²) in [5.74, 6) is -0.447. The van der Waals surface area contributed by atoms with E-state index < -0.39 is 91.5 Å². The zero-order valence-electron chi connectivity index (χ0n) is 20.0. The van der Waals surface area contributed by atoms with Gasteiger partial charge >= 0.3 is 0 Å². The number of carbonyl (C=O) groups is 1. The molecule has 15 nitrogen and oxygen atoms in total. The van der Waals surface area contributed by atoms with Gasteiger partial charge in [-0.3, -0.25) is 4.79 Å². The molecular formula is C20H40N4O11. The standard InChI is InChI=1S/C20H40N4O11/c1-6(25)16-15(30)14(29)11(23)20(34-16)35-17-8(22)4-9(24-7(2)26)12(27)18(17)33-19(31)13(28)10(5-21)32-3/h6,8-20,25,27-31H,4-5,21-23H2,1-3H3,(H,24,26)/t6-,8?,9?,10?,11?,12?,13?,14?,15?,16?,17?,18?,19?,20?/m1/s1. The van der Waals surface area contributed by atoms with Crippen LogP contribution in [0.4, 0.5) is 0 Å². The van der Waals surface area contributed by atoms with Crippen LogP contribution in [0.2, 0.25) is 0 Å². The van der Waals surface area contributed by atoms with Crippen LogP contribution in [0.1, 0.15) is 20.3 Å². The molecule has 0 spiro atoms. The van der Waals surface area contributed by atoms with Gasteiger partial charge in [-0.15, -0.1) is 0 Å². The number of nitrogens with two attached hydrogens (primary N) is 3. The average molecular weight is 513 g/mol. The summed E-state index contributed by atoms with van der Waals surface area (Å²) >= 11 is 0. The van der Waals surface area contributed by atoms with Crippen LogP contribution in [0.25, 0.3) is 0 Å². The third kappa shape index (κ3) is 7.04. The molecule has 0 radical (unpaired) electrons. The molecule has 13 unspecified atom stereocenters. The van der Waals surface area contributed by atoms with Crippen LogP contribution in [-0.2, 0) is 23.7 Å². The second-order valence-electron chi connectivity index (χ2n) is 9.06. The molecule has 1 heterocycles. The fraction of sp³-hybridized carbons (Fsp3) is 0.950. The highest BCUT2D eigenvalue weighted by Gasteiger charge is 2.51. The Kier molecular flexibility index (Phi) is 11.2. The first-order chi connectivity index (χ1) is 16.3. The molecule has 1 saturated carbocycles. The molecule has 206 valence electrons. The van der Waals surface area contributed by atoms with Crippen LogP contribution in [0.15, 0.2) is 0 Å². The van der Waals surface area contributed by atoms with Gasteiger partial charge in [0.1, 0.15) is 48.8 Å². The summed E-state index contributed by atoms with van der Waals surface area (Å²) in [6.45, 7) is 2.44. The highest BCUT2D eigenvalue weighted by atomic mass is 16.7. The monoisotopic (exact) mass is 512 g/mol. The van der Waals surface area contributed by atoms with Crippen molar-refractivity contribution in [1.82, 2.24) is 5.32 Å². The van der Waals surface area contributed by atoms with Crippen LogP contribution in [0.3, 0.4) is 0 Å². The number of hydrogen-bond donors (Lipinski definition) is 10. The Labute approximate surface area is 203 Å². The Balaban J connectivity index is 2.30. The van der Waals surface area contributed by atoms with E-state index in [2.05, 4.69) is 5.32 Å². The summed E-state index contributed by atoms with van der Waals surface area (Å²) in [6.07, 6.45) is -15.5. The molecule has 0 bridgehead atoms. The third-order valence-electron chi connectivity index (χ3n) is 6.37. The van der Waals surface area contributed by atoms with Crippen molar-refractivity contribution in [2.24, 2.45) is 17.2 Å². The van der Waals surface area contributed by atoms with Crippen molar-refractivity contribution in [2.75, 3.05) is 13.7 Å². The maximum atomic E-state index is 11.6. The maximum absolute atomic E-state index is 11.6. The summed E-state index contributed by atoms with van der Waals surface area (Å²) in [5.41, 5.74) is 17.8. The number of methoxy groups -OCH3 is 1. The molecule has 15 heteroatoms. The van der Waals surface area contributed by atoms with E-state index in [4.69, 9.17) is 36.1 Å². The minimum absolute atomic E-state index is 0.0282. The van der Waals surface area contributed by atoms with Crippen LogP contribution in [0, 0.1) is 0 Å². The Bertz CT molecular complexity index is 673. The lowest BCUT2D eigenvalue weighted by molar-refractivity contribution is -0.317. The lowest BCUT2D eigenvalue weighted by Crippen LogP contribution is -2.69. The Morgan fingerprint density at radius 1 is 1.11 bits per heavy atom. The Hall–Kier alpha value is -1.05. The molecular weight excluding hydrogens is 472 g/mol. The summed E-state index contributed by atoms with van der Waals surface area (Å²) in [6, 6.07) is -3.08. The number of hydrogen-bond acceptors (Lipinski definition) is 14. The molecule has 2 fully saturated rings. The van der Waals surface area contributed by atoms with Gasteiger partial charge in [-0.25, -0.2) is 0 Å². The summed E-state index contributed by atoms with van der Waals surface area (Å²) in [4.78, 5) is 11.6. The number of ether oxygens (including phenoxy) is 4. The van der Waals surface area contributed by atoms with E-state index in [1.165, 1.54) is 21.0 Å². The number of aliphatic hydroxyl groups is 6. The molecule has 14 atom stereocenters. The van der Waals surface area contributed by atoms with Crippen molar-refractivity contribution in [1.29, 1.82) is 0 Å². The van der Waals surface area contributed by atoms with Crippen molar-refractivity contribution >= 4 is 5.91 Å². The molecule has 1 amide bonds. The largest absolute Gasteiger partial charge is 0.391 e. The van der Waals surface area contributed by atoms with Gasteiger partial charge in [0.2, 0.25) is 5.91 Å². The molecule has 13 N–H and O–H groups in total. The SMILES string of the molecule is COC(CN)C(O)C(O)OC1C(O)C(NC(C)=O)CC(N)C1OC1OC([C@@H](C)O)C(O)C(O)C1N. The molecule has 2 rings (SSSR count). The quantitative estimate of drug-likeness (QED) is 0.122. The highest BCUT2D eigenvalue weighted by Crippen LogP contribution is 2.31. The lowest BCUT2D eigenvalue weighted by Gasteiger charge is -2.48. The minimum Gasteiger partial charge on any atom is -0.391 e. The van der Waals surface area contributed by atoms with Gasteiger partial charge < -0.3 is 72.1 Å². The Morgan fingerprint density at radius 2 is 1.74 bits per heavy atom. The Morgan fingerprint density at radius 3 is 2.26 bits per heavy atom. The van der Waals surface area contributed by atoms with Crippen LogP contribution < -0.4 is 22.5 Å². The molecule has 0 aromatic carbocycles. The number of carbonyl (C=O) groups excluding carboxylic acids is 1. The van der Waals surface area contributed by atoms with E-state index in [0.29, 0.717) is 0 Å². The normalized spacial score (nSPS) is 41.6. The van der Waals surface area contributed by atoms with Crippen LogP contribution in [-0.4, -0.2) is 136 Å². The first-order valence-electron chi connectivity index (χ1n) is 11.4. The molecule has 1 aliphatic carbocycles. The van der Waals surface area contributed by atoms with E-state index in [1.54, 1.807) is 0 Å². The van der Waals surface area contributed by atoms with Crippen molar-refractivity contribution < 1.29 is 54.4 Å². The van der Waals surface area contributed by atoms with Crippen LogP contribution >= 0.6 is 0 Å². The van der Waals surface area contributed by atoms with Crippen molar-refractivity contribution in [3.63, 3.8) is 0 Å². The van der Waals surface area contributed by atoms with Gasteiger partial charge in [0.15, 0.2) is 12.6 Å². The predicted molar refractivity (Wildman–Crippen MR) is 118 cm³/mol. The number of nitrogens with one attached hydrogen (secondary N) is 1. The van der Waals surface area contributed by atoms with E-state index in [-0.39, 0.29) is 13.0 Å². The first-order valence-corrected chi connectivity index (χ1v) is 11.4. The van der Waals surface area contributed by atoms with Gasteiger partial charge in [0.05, 0.1) is 18.2 Å². The van der Waals surface area contributed by atoms with Gasteiger partial charge in [0.25, 0.3) is 0 Å². The zero-order valence-corrected chi connectivity index (χ0v) is 20.0. The van der Waals surface area contributed by atoms with E-state index in [0.717, 1.165) is 0 Å². The lowest BCUT2D eigenvalue weighted by atomic mass is 9.83. The number of rotatable bonds is 10. The number of amides is 1. The number of aliphatic hydroxyl groups excluding tert-OH is 6. The van der Waals surface area contributed by atoms with E-state index in [1.807, 2.05) is 0 Å². The summed E-state index contributed by atoms with van der Waals surface area (Å²) in [7, 11) is 1.28. The topological polar surface area (TPSA) is 265 Å². The van der Waals surface area contributed by atoms with E-state index in [9.17, 15) is 35.4 Å². The van der Waals surface area contributed by atoms with Gasteiger partial charge in [-0.05, 0) is 13.3 Å². The van der Waals surface area contributed by atoms with Crippen molar-refractivity contribution in [3.05, 3.63) is 0 Å².